The predicted molar refractivity (Wildman–Crippen MR) is 145 cm³/mol. The van der Waals surface area contributed by atoms with Crippen molar-refractivity contribution in [2.45, 2.75) is 38.5 Å². The number of anilines is 1. The fourth-order valence-corrected chi connectivity index (χ4v) is 5.41. The molecule has 2 aliphatic rings. The summed E-state index contributed by atoms with van der Waals surface area (Å²) >= 11 is 0. The van der Waals surface area contributed by atoms with Crippen LogP contribution in [0.5, 0.6) is 11.8 Å². The standard InChI is InChI=1S/C30H32N4O3/c1-33-14-7-11-23(33)20-37-30-31-27-18-34(15-13-26(27)29(35)32-30)28-17-24(16-22-10-5-6-12-25(22)28)36-19-21-8-3-2-4-9-21/h2-6,8-10,12,16-17,23H,7,11,13-15,18-20H2,1H3,(H,31,32,35). The van der Waals surface area contributed by atoms with Gasteiger partial charge in [0.15, 0.2) is 0 Å². The van der Waals surface area contributed by atoms with E-state index in [2.05, 4.69) is 64.3 Å². The van der Waals surface area contributed by atoms with E-state index in [4.69, 9.17) is 14.5 Å². The molecule has 1 fully saturated rings. The van der Waals surface area contributed by atoms with Gasteiger partial charge in [0.05, 0.1) is 12.2 Å². The third-order valence-electron chi connectivity index (χ3n) is 7.54. The van der Waals surface area contributed by atoms with Gasteiger partial charge in [-0.25, -0.2) is 0 Å². The number of aromatic amines is 1. The first-order valence-electron chi connectivity index (χ1n) is 13.0. The Bertz CT molecular complexity index is 1450. The third kappa shape index (κ3) is 5.04. The molecule has 1 unspecified atom stereocenters. The lowest BCUT2D eigenvalue weighted by molar-refractivity contribution is 0.187. The molecule has 0 radical (unpaired) electrons. The van der Waals surface area contributed by atoms with Gasteiger partial charge in [0.25, 0.3) is 11.6 Å². The summed E-state index contributed by atoms with van der Waals surface area (Å²) in [5, 5.41) is 2.28. The van der Waals surface area contributed by atoms with Crippen LogP contribution in [0.2, 0.25) is 0 Å². The molecule has 3 heterocycles. The van der Waals surface area contributed by atoms with Gasteiger partial charge in [-0.15, -0.1) is 0 Å². The molecule has 4 aromatic rings. The molecular formula is C30H32N4O3. The zero-order valence-electron chi connectivity index (χ0n) is 21.2. The molecule has 6 rings (SSSR count). The molecule has 0 aliphatic carbocycles. The highest BCUT2D eigenvalue weighted by Gasteiger charge is 2.25. The summed E-state index contributed by atoms with van der Waals surface area (Å²) in [6.07, 6.45) is 2.91. The summed E-state index contributed by atoms with van der Waals surface area (Å²) in [6.45, 7) is 3.41. The van der Waals surface area contributed by atoms with E-state index in [0.29, 0.717) is 38.2 Å². The number of benzene rings is 3. The minimum absolute atomic E-state index is 0.0933. The Morgan fingerprint density at radius 3 is 2.70 bits per heavy atom. The summed E-state index contributed by atoms with van der Waals surface area (Å²) in [5.41, 5.74) is 3.66. The number of aromatic nitrogens is 2. The van der Waals surface area contributed by atoms with Crippen LogP contribution in [0.25, 0.3) is 10.8 Å². The van der Waals surface area contributed by atoms with Crippen LogP contribution in [0.15, 0.2) is 71.5 Å². The molecule has 0 amide bonds. The normalized spacial score (nSPS) is 17.6. The Kier molecular flexibility index (Phi) is 6.53. The Labute approximate surface area is 216 Å². The Morgan fingerprint density at radius 2 is 1.86 bits per heavy atom. The van der Waals surface area contributed by atoms with Gasteiger partial charge in [-0.2, -0.15) is 4.98 Å². The van der Waals surface area contributed by atoms with E-state index in [0.717, 1.165) is 58.5 Å². The number of H-pyrrole nitrogens is 1. The summed E-state index contributed by atoms with van der Waals surface area (Å²) in [7, 11) is 2.12. The summed E-state index contributed by atoms with van der Waals surface area (Å²) < 4.78 is 12.2. The monoisotopic (exact) mass is 496 g/mol. The molecule has 2 aliphatic heterocycles. The molecule has 0 bridgehead atoms. The van der Waals surface area contributed by atoms with Crippen molar-refractivity contribution in [2.75, 3.05) is 31.6 Å². The molecule has 37 heavy (non-hydrogen) atoms. The average molecular weight is 497 g/mol. The fraction of sp³-hybridized carbons (Fsp3) is 0.333. The van der Waals surface area contributed by atoms with E-state index < -0.39 is 0 Å². The maximum absolute atomic E-state index is 12.9. The topological polar surface area (TPSA) is 70.7 Å². The maximum atomic E-state index is 12.9. The van der Waals surface area contributed by atoms with Crippen molar-refractivity contribution >= 4 is 16.5 Å². The molecule has 1 saturated heterocycles. The van der Waals surface area contributed by atoms with Crippen molar-refractivity contribution in [2.24, 2.45) is 0 Å². The van der Waals surface area contributed by atoms with Crippen LogP contribution in [0, 0.1) is 0 Å². The van der Waals surface area contributed by atoms with Gasteiger partial charge in [-0.05, 0) is 49.9 Å². The van der Waals surface area contributed by atoms with Crippen LogP contribution < -0.4 is 19.9 Å². The zero-order chi connectivity index (χ0) is 25.2. The second-order valence-corrected chi connectivity index (χ2v) is 9.99. The lowest BCUT2D eigenvalue weighted by Crippen LogP contribution is -2.36. The zero-order valence-corrected chi connectivity index (χ0v) is 21.2. The smallest absolute Gasteiger partial charge is 0.296 e. The van der Waals surface area contributed by atoms with E-state index in [9.17, 15) is 4.79 Å². The maximum Gasteiger partial charge on any atom is 0.296 e. The van der Waals surface area contributed by atoms with Crippen molar-refractivity contribution in [3.63, 3.8) is 0 Å². The van der Waals surface area contributed by atoms with E-state index in [1.807, 2.05) is 24.3 Å². The van der Waals surface area contributed by atoms with Gasteiger partial charge in [0, 0.05) is 35.3 Å². The molecule has 3 aromatic carbocycles. The third-order valence-corrected chi connectivity index (χ3v) is 7.54. The average Bonchev–Trinajstić information content (AvgIpc) is 3.35. The van der Waals surface area contributed by atoms with Crippen molar-refractivity contribution in [3.05, 3.63) is 93.9 Å². The van der Waals surface area contributed by atoms with E-state index in [1.54, 1.807) is 0 Å². The molecule has 7 heteroatoms. The first-order valence-corrected chi connectivity index (χ1v) is 13.0. The Hall–Kier alpha value is -3.84. The number of likely N-dealkylation sites (tertiary alicyclic amines) is 1. The number of fused-ring (bicyclic) bond motifs is 2. The van der Waals surface area contributed by atoms with E-state index >= 15 is 0 Å². The molecule has 1 atom stereocenters. The number of nitrogens with one attached hydrogen (secondary N) is 1. The SMILES string of the molecule is CN1CCCC1COc1nc2c(c(=O)[nH]1)CCN(c1cc(OCc3ccccc3)cc3ccccc13)C2. The number of hydrogen-bond acceptors (Lipinski definition) is 6. The number of nitrogens with zero attached hydrogens (tertiary/aromatic N) is 3. The summed E-state index contributed by atoms with van der Waals surface area (Å²) in [4.78, 5) is 25.0. The first-order chi connectivity index (χ1) is 18.1. The predicted octanol–water partition coefficient (Wildman–Crippen LogP) is 4.54. The highest BCUT2D eigenvalue weighted by atomic mass is 16.5. The number of ether oxygens (including phenoxy) is 2. The van der Waals surface area contributed by atoms with Crippen LogP contribution in [0.4, 0.5) is 5.69 Å². The van der Waals surface area contributed by atoms with Gasteiger partial charge < -0.3 is 19.3 Å². The van der Waals surface area contributed by atoms with Gasteiger partial charge in [-0.1, -0.05) is 54.6 Å². The highest BCUT2D eigenvalue weighted by molar-refractivity contribution is 5.95. The molecule has 0 spiro atoms. The largest absolute Gasteiger partial charge is 0.489 e. The van der Waals surface area contributed by atoms with Crippen molar-refractivity contribution in [3.8, 4) is 11.8 Å². The first kappa shape index (κ1) is 23.6. The second-order valence-electron chi connectivity index (χ2n) is 9.99. The summed E-state index contributed by atoms with van der Waals surface area (Å²) in [6, 6.07) is 23.4. The highest BCUT2D eigenvalue weighted by Crippen LogP contribution is 2.34. The lowest BCUT2D eigenvalue weighted by atomic mass is 10.0. The van der Waals surface area contributed by atoms with Crippen molar-refractivity contribution in [1.82, 2.24) is 14.9 Å². The summed E-state index contributed by atoms with van der Waals surface area (Å²) in [5.74, 6) is 0.826. The van der Waals surface area contributed by atoms with Crippen LogP contribution in [0.1, 0.15) is 29.7 Å². The number of hydrogen-bond donors (Lipinski definition) is 1. The van der Waals surface area contributed by atoms with Gasteiger partial charge in [-0.3, -0.25) is 9.78 Å². The molecular weight excluding hydrogens is 464 g/mol. The molecule has 190 valence electrons. The van der Waals surface area contributed by atoms with Gasteiger partial charge in [0.1, 0.15) is 19.0 Å². The lowest BCUT2D eigenvalue weighted by Gasteiger charge is -2.31. The van der Waals surface area contributed by atoms with Crippen molar-refractivity contribution < 1.29 is 9.47 Å². The number of likely N-dealkylation sites (N-methyl/N-ethyl adjacent to an activating group) is 1. The quantitative estimate of drug-likeness (QED) is 0.405. The second kappa shape index (κ2) is 10.3. The fourth-order valence-electron chi connectivity index (χ4n) is 5.41. The van der Waals surface area contributed by atoms with E-state index in [-0.39, 0.29) is 5.56 Å². The minimum Gasteiger partial charge on any atom is -0.489 e. The Morgan fingerprint density at radius 1 is 1.03 bits per heavy atom. The van der Waals surface area contributed by atoms with Crippen LogP contribution in [-0.2, 0) is 19.6 Å². The molecule has 1 aromatic heterocycles. The molecule has 7 nitrogen and oxygen atoms in total. The molecule has 1 N–H and O–H groups in total. The van der Waals surface area contributed by atoms with Gasteiger partial charge in [0.2, 0.25) is 0 Å². The molecule has 0 saturated carbocycles. The van der Waals surface area contributed by atoms with Crippen LogP contribution in [-0.4, -0.2) is 47.7 Å². The number of rotatable bonds is 7. The Balaban J connectivity index is 1.26. The van der Waals surface area contributed by atoms with Crippen LogP contribution >= 0.6 is 0 Å². The van der Waals surface area contributed by atoms with Crippen molar-refractivity contribution in [1.29, 1.82) is 0 Å². The van der Waals surface area contributed by atoms with E-state index in [1.165, 1.54) is 6.42 Å². The van der Waals surface area contributed by atoms with Crippen LogP contribution in [0.3, 0.4) is 0 Å². The van der Waals surface area contributed by atoms with Gasteiger partial charge >= 0.3 is 0 Å². The minimum atomic E-state index is -0.0933.